The van der Waals surface area contributed by atoms with Gasteiger partial charge in [0.15, 0.2) is 0 Å². The van der Waals surface area contributed by atoms with Gasteiger partial charge in [0.25, 0.3) is 0 Å². The lowest BCUT2D eigenvalue weighted by molar-refractivity contribution is -0.138. The fourth-order valence-electron chi connectivity index (χ4n) is 4.05. The fraction of sp³-hybridized carbons (Fsp3) is 0.455. The van der Waals surface area contributed by atoms with Gasteiger partial charge < -0.3 is 15.2 Å². The molecule has 2 N–H and O–H groups in total. The summed E-state index contributed by atoms with van der Waals surface area (Å²) < 4.78 is 5.88. The maximum Gasteiger partial charge on any atom is 0.303 e. The molecular formula is C22H26N2O3. The number of hydrogen-bond donors (Lipinski definition) is 2. The van der Waals surface area contributed by atoms with Gasteiger partial charge in [-0.3, -0.25) is 9.78 Å². The Balaban J connectivity index is 1.29. The number of nitrogens with zero attached hydrogens (tertiary/aromatic N) is 1. The number of hydrogen-bond acceptors (Lipinski definition) is 4. The summed E-state index contributed by atoms with van der Waals surface area (Å²) in [6, 6.07) is 12.3. The molecule has 5 heteroatoms. The fourth-order valence-corrected chi connectivity index (χ4v) is 4.05. The van der Waals surface area contributed by atoms with Gasteiger partial charge in [0.1, 0.15) is 5.75 Å². The third-order valence-electron chi connectivity index (χ3n) is 5.75. The first kappa shape index (κ1) is 17.8. The number of carbonyl (C=O) groups is 1. The van der Waals surface area contributed by atoms with E-state index in [1.54, 1.807) is 0 Å². The van der Waals surface area contributed by atoms with E-state index in [9.17, 15) is 4.79 Å². The molecule has 0 amide bonds. The minimum atomic E-state index is -0.716. The van der Waals surface area contributed by atoms with Gasteiger partial charge >= 0.3 is 5.97 Å². The molecule has 0 spiro atoms. The van der Waals surface area contributed by atoms with Crippen molar-refractivity contribution in [2.75, 3.05) is 18.5 Å². The van der Waals surface area contributed by atoms with Crippen LogP contribution in [0.1, 0.15) is 49.1 Å². The van der Waals surface area contributed by atoms with Crippen LogP contribution in [0.3, 0.4) is 0 Å². The van der Waals surface area contributed by atoms with Crippen molar-refractivity contribution in [1.29, 1.82) is 0 Å². The van der Waals surface area contributed by atoms with Crippen LogP contribution in [-0.4, -0.2) is 29.2 Å². The van der Waals surface area contributed by atoms with Gasteiger partial charge in [-0.05, 0) is 60.4 Å². The highest BCUT2D eigenvalue weighted by atomic mass is 16.5. The van der Waals surface area contributed by atoms with E-state index < -0.39 is 5.97 Å². The third kappa shape index (κ3) is 4.07. The summed E-state index contributed by atoms with van der Waals surface area (Å²) in [6.45, 7) is 3.68. The first-order valence-corrected chi connectivity index (χ1v) is 9.71. The lowest BCUT2D eigenvalue weighted by Gasteiger charge is -2.17. The molecule has 1 aliphatic heterocycles. The van der Waals surface area contributed by atoms with E-state index in [4.69, 9.17) is 14.8 Å². The molecular weight excluding hydrogens is 340 g/mol. The number of aliphatic carboxylic acids is 1. The van der Waals surface area contributed by atoms with Crippen molar-refractivity contribution in [3.63, 3.8) is 0 Å². The molecule has 1 saturated carbocycles. The Labute approximate surface area is 159 Å². The standard InChI is InChI=1S/C22H26N2O3/c1-22(14-21(25)26)13-18(22)15-4-7-17(8-5-15)27-12-10-16-6-9-19-20(24-16)3-2-11-23-19/h4-9,18,23H,2-3,10-14H2,1H3,(H,25,26). The van der Waals surface area contributed by atoms with Crippen LogP contribution < -0.4 is 10.1 Å². The largest absolute Gasteiger partial charge is 0.493 e. The van der Waals surface area contributed by atoms with Crippen molar-refractivity contribution in [2.24, 2.45) is 5.41 Å². The zero-order valence-corrected chi connectivity index (χ0v) is 15.7. The zero-order chi connectivity index (χ0) is 18.9. The van der Waals surface area contributed by atoms with E-state index in [-0.39, 0.29) is 11.8 Å². The molecule has 0 bridgehead atoms. The van der Waals surface area contributed by atoms with E-state index in [2.05, 4.69) is 36.5 Å². The van der Waals surface area contributed by atoms with Crippen LogP contribution in [0.15, 0.2) is 36.4 Å². The predicted molar refractivity (Wildman–Crippen MR) is 104 cm³/mol. The number of fused-ring (bicyclic) bond motifs is 1. The molecule has 2 unspecified atom stereocenters. The molecule has 4 rings (SSSR count). The number of carboxylic acids is 1. The number of anilines is 1. The maximum atomic E-state index is 11.0. The van der Waals surface area contributed by atoms with Crippen molar-refractivity contribution in [1.82, 2.24) is 4.98 Å². The molecule has 2 heterocycles. The maximum absolute atomic E-state index is 11.0. The van der Waals surface area contributed by atoms with Gasteiger partial charge in [-0.2, -0.15) is 0 Å². The summed E-state index contributed by atoms with van der Waals surface area (Å²) in [5, 5.41) is 12.4. The Bertz CT molecular complexity index is 834. The Morgan fingerprint density at radius 1 is 1.30 bits per heavy atom. The molecule has 1 aromatic heterocycles. The number of carboxylic acid groups (broad SMARTS) is 1. The number of nitrogens with one attached hydrogen (secondary N) is 1. The Hall–Kier alpha value is -2.56. The summed E-state index contributed by atoms with van der Waals surface area (Å²) >= 11 is 0. The number of pyridine rings is 1. The highest BCUT2D eigenvalue weighted by molar-refractivity contribution is 5.68. The second-order valence-corrected chi connectivity index (χ2v) is 7.98. The van der Waals surface area contributed by atoms with E-state index in [0.717, 1.165) is 55.1 Å². The predicted octanol–water partition coefficient (Wildman–Crippen LogP) is 4.03. The molecule has 27 heavy (non-hydrogen) atoms. The molecule has 2 aromatic rings. The molecule has 0 saturated heterocycles. The highest BCUT2D eigenvalue weighted by Crippen LogP contribution is 2.61. The Morgan fingerprint density at radius 2 is 2.11 bits per heavy atom. The van der Waals surface area contributed by atoms with Crippen LogP contribution in [0.4, 0.5) is 5.69 Å². The minimum Gasteiger partial charge on any atom is -0.493 e. The SMILES string of the molecule is CC1(CC(=O)O)CC1c1ccc(OCCc2ccc3c(n2)CCCN3)cc1. The average Bonchev–Trinajstić information content (AvgIpc) is 3.32. The number of aryl methyl sites for hydroxylation is 1. The second kappa shape index (κ2) is 7.22. The summed E-state index contributed by atoms with van der Waals surface area (Å²) in [4.78, 5) is 15.7. The van der Waals surface area contributed by atoms with Crippen LogP contribution >= 0.6 is 0 Å². The zero-order valence-electron chi connectivity index (χ0n) is 15.7. The highest BCUT2D eigenvalue weighted by Gasteiger charge is 2.51. The monoisotopic (exact) mass is 366 g/mol. The topological polar surface area (TPSA) is 71.5 Å². The molecule has 2 aliphatic rings. The quantitative estimate of drug-likeness (QED) is 0.774. The third-order valence-corrected chi connectivity index (χ3v) is 5.75. The molecule has 5 nitrogen and oxygen atoms in total. The van der Waals surface area contributed by atoms with Crippen LogP contribution in [0.2, 0.25) is 0 Å². The first-order chi connectivity index (χ1) is 13.0. The van der Waals surface area contributed by atoms with E-state index in [1.165, 1.54) is 5.56 Å². The molecule has 0 radical (unpaired) electrons. The number of aromatic nitrogens is 1. The van der Waals surface area contributed by atoms with E-state index in [0.29, 0.717) is 12.5 Å². The van der Waals surface area contributed by atoms with Crippen molar-refractivity contribution in [3.05, 3.63) is 53.3 Å². The number of ether oxygens (including phenoxy) is 1. The second-order valence-electron chi connectivity index (χ2n) is 7.98. The Kier molecular flexibility index (Phi) is 4.77. The normalized spacial score (nSPS) is 23.2. The van der Waals surface area contributed by atoms with Gasteiger partial charge in [-0.15, -0.1) is 0 Å². The van der Waals surface area contributed by atoms with Crippen LogP contribution in [0.25, 0.3) is 0 Å². The molecule has 1 fully saturated rings. The number of benzene rings is 1. The van der Waals surface area contributed by atoms with Crippen LogP contribution in [0.5, 0.6) is 5.75 Å². The van der Waals surface area contributed by atoms with Crippen LogP contribution in [0, 0.1) is 5.41 Å². The van der Waals surface area contributed by atoms with Crippen molar-refractivity contribution in [3.8, 4) is 5.75 Å². The van der Waals surface area contributed by atoms with E-state index >= 15 is 0 Å². The summed E-state index contributed by atoms with van der Waals surface area (Å²) in [7, 11) is 0. The van der Waals surface area contributed by atoms with E-state index in [1.807, 2.05) is 12.1 Å². The van der Waals surface area contributed by atoms with Crippen molar-refractivity contribution in [2.45, 2.75) is 44.9 Å². The molecule has 1 aliphatic carbocycles. The molecule has 2 atom stereocenters. The summed E-state index contributed by atoms with van der Waals surface area (Å²) in [5.41, 5.74) is 4.50. The Morgan fingerprint density at radius 3 is 2.89 bits per heavy atom. The van der Waals surface area contributed by atoms with Crippen LogP contribution in [-0.2, 0) is 17.6 Å². The average molecular weight is 366 g/mol. The molecule has 1 aromatic carbocycles. The van der Waals surface area contributed by atoms with Gasteiger partial charge in [-0.1, -0.05) is 19.1 Å². The molecule has 142 valence electrons. The lowest BCUT2D eigenvalue weighted by atomic mass is 9.98. The van der Waals surface area contributed by atoms with Crippen molar-refractivity contribution >= 4 is 11.7 Å². The lowest BCUT2D eigenvalue weighted by Crippen LogP contribution is -2.14. The van der Waals surface area contributed by atoms with Gasteiger partial charge in [-0.25, -0.2) is 0 Å². The smallest absolute Gasteiger partial charge is 0.303 e. The van der Waals surface area contributed by atoms with Crippen molar-refractivity contribution < 1.29 is 14.6 Å². The van der Waals surface area contributed by atoms with Gasteiger partial charge in [0.05, 0.1) is 24.4 Å². The first-order valence-electron chi connectivity index (χ1n) is 9.71. The minimum absolute atomic E-state index is 0.0960. The summed E-state index contributed by atoms with van der Waals surface area (Å²) in [5.74, 6) is 0.474. The number of rotatable bonds is 7. The summed E-state index contributed by atoms with van der Waals surface area (Å²) in [6.07, 6.45) is 4.14. The van der Waals surface area contributed by atoms with Gasteiger partial charge in [0, 0.05) is 18.7 Å². The van der Waals surface area contributed by atoms with Gasteiger partial charge in [0.2, 0.25) is 0 Å².